The quantitative estimate of drug-likeness (QED) is 0.712. The summed E-state index contributed by atoms with van der Waals surface area (Å²) in [5.74, 6) is -0.452. The summed E-state index contributed by atoms with van der Waals surface area (Å²) in [5.41, 5.74) is 0. The number of ether oxygens (including phenoxy) is 4. The van der Waals surface area contributed by atoms with Crippen LogP contribution in [0, 0.1) is 0 Å². The van der Waals surface area contributed by atoms with E-state index in [1.807, 2.05) is 0 Å². The normalized spacial score (nSPS) is 22.8. The smallest absolute Gasteiger partial charge is 0.246 e. The minimum absolute atomic E-state index is 0.0919. The highest BCUT2D eigenvalue weighted by atomic mass is 16.7. The summed E-state index contributed by atoms with van der Waals surface area (Å²) in [6.07, 6.45) is 3.59. The van der Waals surface area contributed by atoms with Gasteiger partial charge in [-0.1, -0.05) is 0 Å². The fraction of sp³-hybridized carbons (Fsp3) is 0.923. The second kappa shape index (κ2) is 7.19. The molecule has 2 rings (SSSR count). The fourth-order valence-corrected chi connectivity index (χ4v) is 2.52. The Labute approximate surface area is 113 Å². The second-order valence-electron chi connectivity index (χ2n) is 4.96. The van der Waals surface area contributed by atoms with Gasteiger partial charge in [-0.2, -0.15) is 0 Å². The van der Waals surface area contributed by atoms with Gasteiger partial charge in [-0.05, 0) is 12.8 Å². The Hall–Kier alpha value is -0.690. The zero-order chi connectivity index (χ0) is 13.6. The molecule has 6 nitrogen and oxygen atoms in total. The molecule has 2 fully saturated rings. The molecule has 0 bridgehead atoms. The van der Waals surface area contributed by atoms with Crippen LogP contribution in [0.3, 0.4) is 0 Å². The number of amides is 1. The van der Waals surface area contributed by atoms with Crippen molar-refractivity contribution in [2.45, 2.75) is 37.6 Å². The first-order valence-electron chi connectivity index (χ1n) is 6.89. The topological polar surface area (TPSA) is 66.0 Å². The van der Waals surface area contributed by atoms with E-state index in [1.165, 1.54) is 0 Å². The van der Waals surface area contributed by atoms with Gasteiger partial charge in [-0.15, -0.1) is 0 Å². The molecule has 1 aliphatic carbocycles. The standard InChI is InChI=1S/C13H23NO5/c1-16-7-6-14-12(15)10-17-11-2-4-13(5-3-11)18-8-9-19-13/h11H,2-10H2,1H3,(H,14,15). The molecule has 1 spiro atoms. The van der Waals surface area contributed by atoms with Crippen molar-refractivity contribution in [3.05, 3.63) is 0 Å². The fourth-order valence-electron chi connectivity index (χ4n) is 2.52. The molecule has 1 amide bonds. The number of carbonyl (C=O) groups is 1. The first kappa shape index (κ1) is 14.7. The summed E-state index contributed by atoms with van der Waals surface area (Å²) in [5, 5.41) is 2.73. The maximum atomic E-state index is 11.5. The van der Waals surface area contributed by atoms with Crippen LogP contribution in [0.5, 0.6) is 0 Å². The van der Waals surface area contributed by atoms with Gasteiger partial charge >= 0.3 is 0 Å². The van der Waals surface area contributed by atoms with Crippen molar-refractivity contribution in [1.29, 1.82) is 0 Å². The monoisotopic (exact) mass is 273 g/mol. The molecule has 2 aliphatic rings. The molecule has 1 saturated carbocycles. The maximum absolute atomic E-state index is 11.5. The number of carbonyl (C=O) groups excluding carboxylic acids is 1. The zero-order valence-electron chi connectivity index (χ0n) is 11.5. The van der Waals surface area contributed by atoms with Crippen molar-refractivity contribution < 1.29 is 23.7 Å². The van der Waals surface area contributed by atoms with E-state index in [0.29, 0.717) is 26.4 Å². The molecule has 0 aromatic heterocycles. The van der Waals surface area contributed by atoms with Crippen molar-refractivity contribution in [3.63, 3.8) is 0 Å². The first-order valence-corrected chi connectivity index (χ1v) is 6.89. The largest absolute Gasteiger partial charge is 0.383 e. The summed E-state index contributed by atoms with van der Waals surface area (Å²) in [6, 6.07) is 0. The lowest BCUT2D eigenvalue weighted by Gasteiger charge is -2.35. The van der Waals surface area contributed by atoms with Crippen LogP contribution in [0.25, 0.3) is 0 Å². The molecular weight excluding hydrogens is 250 g/mol. The Morgan fingerprint density at radius 2 is 2.00 bits per heavy atom. The van der Waals surface area contributed by atoms with Crippen LogP contribution in [0.15, 0.2) is 0 Å². The highest BCUT2D eigenvalue weighted by Gasteiger charge is 2.40. The third-order valence-electron chi connectivity index (χ3n) is 3.59. The van der Waals surface area contributed by atoms with E-state index in [1.54, 1.807) is 7.11 Å². The van der Waals surface area contributed by atoms with E-state index in [4.69, 9.17) is 18.9 Å². The molecule has 1 N–H and O–H groups in total. The molecule has 0 atom stereocenters. The predicted octanol–water partition coefficient (Wildman–Crippen LogP) is 0.451. The lowest BCUT2D eigenvalue weighted by molar-refractivity contribution is -0.191. The number of rotatable bonds is 6. The lowest BCUT2D eigenvalue weighted by Crippen LogP contribution is -2.39. The third-order valence-corrected chi connectivity index (χ3v) is 3.59. The number of nitrogens with one attached hydrogen (secondary N) is 1. The summed E-state index contributed by atoms with van der Waals surface area (Å²) in [7, 11) is 1.60. The van der Waals surface area contributed by atoms with Crippen LogP contribution >= 0.6 is 0 Å². The Morgan fingerprint density at radius 1 is 1.32 bits per heavy atom. The van der Waals surface area contributed by atoms with Gasteiger partial charge in [0.2, 0.25) is 5.91 Å². The van der Waals surface area contributed by atoms with Gasteiger partial charge in [-0.25, -0.2) is 0 Å². The van der Waals surface area contributed by atoms with Crippen molar-refractivity contribution in [3.8, 4) is 0 Å². The molecule has 0 radical (unpaired) electrons. The molecule has 1 heterocycles. The van der Waals surface area contributed by atoms with Crippen LogP contribution in [0.1, 0.15) is 25.7 Å². The Bertz CT molecular complexity index is 281. The number of methoxy groups -OCH3 is 1. The molecule has 0 unspecified atom stereocenters. The summed E-state index contributed by atoms with van der Waals surface area (Å²) < 4.78 is 21.8. The molecule has 1 aliphatic heterocycles. The van der Waals surface area contributed by atoms with Gasteiger partial charge in [0, 0.05) is 26.5 Å². The molecule has 6 heteroatoms. The predicted molar refractivity (Wildman–Crippen MR) is 67.7 cm³/mol. The third kappa shape index (κ3) is 4.42. The van der Waals surface area contributed by atoms with Gasteiger partial charge in [0.05, 0.1) is 25.9 Å². The van der Waals surface area contributed by atoms with Crippen molar-refractivity contribution >= 4 is 5.91 Å². The van der Waals surface area contributed by atoms with E-state index in [0.717, 1.165) is 25.7 Å². The Kier molecular flexibility index (Phi) is 5.57. The molecule has 1 saturated heterocycles. The van der Waals surface area contributed by atoms with Crippen molar-refractivity contribution in [2.24, 2.45) is 0 Å². The average molecular weight is 273 g/mol. The van der Waals surface area contributed by atoms with E-state index >= 15 is 0 Å². The van der Waals surface area contributed by atoms with Crippen molar-refractivity contribution in [1.82, 2.24) is 5.32 Å². The lowest BCUT2D eigenvalue weighted by atomic mass is 9.92. The van der Waals surface area contributed by atoms with Gasteiger partial charge < -0.3 is 24.3 Å². The Morgan fingerprint density at radius 3 is 2.63 bits per heavy atom. The summed E-state index contributed by atoms with van der Waals surface area (Å²) in [4.78, 5) is 11.5. The van der Waals surface area contributed by atoms with Crippen LogP contribution in [-0.4, -0.2) is 57.9 Å². The second-order valence-corrected chi connectivity index (χ2v) is 4.96. The SMILES string of the molecule is COCCNC(=O)COC1CCC2(CC1)OCCO2. The van der Waals surface area contributed by atoms with Gasteiger partial charge in [0.1, 0.15) is 6.61 Å². The highest BCUT2D eigenvalue weighted by molar-refractivity contribution is 5.77. The zero-order valence-corrected chi connectivity index (χ0v) is 11.5. The highest BCUT2D eigenvalue weighted by Crippen LogP contribution is 2.36. The molecule has 19 heavy (non-hydrogen) atoms. The van der Waals surface area contributed by atoms with Crippen molar-refractivity contribution in [2.75, 3.05) is 40.1 Å². The van der Waals surface area contributed by atoms with Crippen LogP contribution in [0.4, 0.5) is 0 Å². The molecule has 110 valence electrons. The van der Waals surface area contributed by atoms with Gasteiger partial charge in [0.25, 0.3) is 0 Å². The van der Waals surface area contributed by atoms with Crippen LogP contribution in [-0.2, 0) is 23.7 Å². The molecule has 0 aromatic rings. The van der Waals surface area contributed by atoms with E-state index in [2.05, 4.69) is 5.32 Å². The molecule has 0 aromatic carbocycles. The average Bonchev–Trinajstić information content (AvgIpc) is 2.87. The maximum Gasteiger partial charge on any atom is 0.246 e. The van der Waals surface area contributed by atoms with Gasteiger partial charge in [-0.3, -0.25) is 4.79 Å². The van der Waals surface area contributed by atoms with Crippen LogP contribution < -0.4 is 5.32 Å². The first-order chi connectivity index (χ1) is 9.24. The summed E-state index contributed by atoms with van der Waals surface area (Å²) in [6.45, 7) is 2.53. The molecular formula is C13H23NO5. The van der Waals surface area contributed by atoms with E-state index in [-0.39, 0.29) is 24.4 Å². The number of hydrogen-bond donors (Lipinski definition) is 1. The van der Waals surface area contributed by atoms with Gasteiger partial charge in [0.15, 0.2) is 5.79 Å². The summed E-state index contributed by atoms with van der Waals surface area (Å²) >= 11 is 0. The van der Waals surface area contributed by atoms with E-state index in [9.17, 15) is 4.79 Å². The minimum Gasteiger partial charge on any atom is -0.383 e. The minimum atomic E-state index is -0.361. The Balaban J connectivity index is 1.59. The number of hydrogen-bond acceptors (Lipinski definition) is 5. The van der Waals surface area contributed by atoms with Crippen LogP contribution in [0.2, 0.25) is 0 Å². The van der Waals surface area contributed by atoms with E-state index < -0.39 is 0 Å².